The Bertz CT molecular complexity index is 416. The van der Waals surface area contributed by atoms with Crippen LogP contribution < -0.4 is 0 Å². The van der Waals surface area contributed by atoms with Crippen molar-refractivity contribution in [1.29, 1.82) is 0 Å². The molecule has 37 heavy (non-hydrogen) atoms. The van der Waals surface area contributed by atoms with Crippen LogP contribution in [0.5, 0.6) is 0 Å². The van der Waals surface area contributed by atoms with Crippen molar-refractivity contribution in [3.05, 3.63) is 0 Å². The minimum atomic E-state index is 0.972. The van der Waals surface area contributed by atoms with Crippen molar-refractivity contribution in [2.24, 2.45) is 0 Å². The van der Waals surface area contributed by atoms with Crippen LogP contribution >= 0.6 is 0 Å². The van der Waals surface area contributed by atoms with Gasteiger partial charge in [-0.2, -0.15) is 0 Å². The topological polar surface area (TPSA) is 0 Å². The van der Waals surface area contributed by atoms with Gasteiger partial charge in [0, 0.05) is 6.42 Å². The van der Waals surface area contributed by atoms with E-state index in [0.717, 1.165) is 6.42 Å². The van der Waals surface area contributed by atoms with Crippen LogP contribution in [0, 0.1) is 12.3 Å². The highest BCUT2D eigenvalue weighted by atomic mass is 14.0. The Hall–Kier alpha value is -0.440. The van der Waals surface area contributed by atoms with Crippen LogP contribution in [0.25, 0.3) is 0 Å². The fourth-order valence-corrected chi connectivity index (χ4v) is 5.78. The lowest BCUT2D eigenvalue weighted by molar-refractivity contribution is 0.511. The summed E-state index contributed by atoms with van der Waals surface area (Å²) in [5.41, 5.74) is 0. The third-order valence-electron chi connectivity index (χ3n) is 8.42. The molecular weight excluding hydrogens is 444 g/mol. The molecular formula is C37H72. The molecule has 0 nitrogen and oxygen atoms in total. The van der Waals surface area contributed by atoms with Crippen LogP contribution in [0.4, 0.5) is 0 Å². The molecule has 0 unspecified atom stereocenters. The van der Waals surface area contributed by atoms with Gasteiger partial charge in [-0.3, -0.25) is 0 Å². The second kappa shape index (κ2) is 35.6. The van der Waals surface area contributed by atoms with Gasteiger partial charge in [0.2, 0.25) is 0 Å². The number of rotatable bonds is 33. The predicted molar refractivity (Wildman–Crippen MR) is 171 cm³/mol. The summed E-state index contributed by atoms with van der Waals surface area (Å²) in [6.07, 6.45) is 54.5. The van der Waals surface area contributed by atoms with E-state index in [4.69, 9.17) is 6.42 Å². The van der Waals surface area contributed by atoms with Crippen molar-refractivity contribution in [2.75, 3.05) is 0 Å². The minimum Gasteiger partial charge on any atom is -0.120 e. The van der Waals surface area contributed by atoms with Crippen LogP contribution in [-0.2, 0) is 0 Å². The lowest BCUT2D eigenvalue weighted by Crippen LogP contribution is -1.85. The summed E-state index contributed by atoms with van der Waals surface area (Å²) < 4.78 is 0. The van der Waals surface area contributed by atoms with Crippen molar-refractivity contribution in [3.63, 3.8) is 0 Å². The van der Waals surface area contributed by atoms with Gasteiger partial charge in [0.25, 0.3) is 0 Å². The molecule has 0 aromatic rings. The summed E-state index contributed by atoms with van der Waals surface area (Å²) in [5, 5.41) is 0. The zero-order valence-corrected chi connectivity index (χ0v) is 26.1. The highest BCUT2D eigenvalue weighted by Crippen LogP contribution is 2.17. The third-order valence-corrected chi connectivity index (χ3v) is 8.42. The summed E-state index contributed by atoms with van der Waals surface area (Å²) >= 11 is 0. The first-order chi connectivity index (χ1) is 18.4. The maximum absolute atomic E-state index is 5.30. The Balaban J connectivity index is 3.01. The molecule has 0 aliphatic carbocycles. The van der Waals surface area contributed by atoms with Gasteiger partial charge in [0.1, 0.15) is 0 Å². The van der Waals surface area contributed by atoms with Crippen LogP contribution in [-0.4, -0.2) is 0 Å². The molecule has 0 heteroatoms. The van der Waals surface area contributed by atoms with Gasteiger partial charge in [-0.25, -0.2) is 0 Å². The summed E-state index contributed by atoms with van der Waals surface area (Å²) in [7, 11) is 0. The van der Waals surface area contributed by atoms with E-state index in [1.807, 2.05) is 0 Å². The SMILES string of the molecule is C#CCCCCCCCCCCCCCCCCCCCCCCCCCCCCCCCCCCC. The molecule has 220 valence electrons. The first-order valence-corrected chi connectivity index (χ1v) is 17.8. The molecule has 0 aromatic carbocycles. The van der Waals surface area contributed by atoms with E-state index in [-0.39, 0.29) is 0 Å². The third kappa shape index (κ3) is 35.6. The summed E-state index contributed by atoms with van der Waals surface area (Å²) in [4.78, 5) is 0. The normalized spacial score (nSPS) is 11.2. The number of hydrogen-bond donors (Lipinski definition) is 0. The van der Waals surface area contributed by atoms with Crippen molar-refractivity contribution in [3.8, 4) is 12.3 Å². The molecule has 0 rings (SSSR count). The Labute approximate surface area is 237 Å². The Kier molecular flexibility index (Phi) is 35.1. The van der Waals surface area contributed by atoms with Gasteiger partial charge >= 0.3 is 0 Å². The largest absolute Gasteiger partial charge is 0.120 e. The first kappa shape index (κ1) is 36.6. The lowest BCUT2D eigenvalue weighted by atomic mass is 10.0. The van der Waals surface area contributed by atoms with E-state index in [9.17, 15) is 0 Å². The first-order valence-electron chi connectivity index (χ1n) is 17.8. The fourth-order valence-electron chi connectivity index (χ4n) is 5.78. The maximum atomic E-state index is 5.30. The van der Waals surface area contributed by atoms with Gasteiger partial charge in [-0.1, -0.05) is 212 Å². The number of hydrogen-bond acceptors (Lipinski definition) is 0. The van der Waals surface area contributed by atoms with E-state index in [2.05, 4.69) is 12.8 Å². The molecule has 0 heterocycles. The van der Waals surface area contributed by atoms with Crippen molar-refractivity contribution in [2.45, 2.75) is 225 Å². The molecule has 0 aliphatic rings. The molecule has 0 N–H and O–H groups in total. The monoisotopic (exact) mass is 517 g/mol. The molecule has 0 aliphatic heterocycles. The van der Waals surface area contributed by atoms with E-state index in [0.29, 0.717) is 0 Å². The predicted octanol–water partition coefficient (Wildman–Crippen LogP) is 13.9. The van der Waals surface area contributed by atoms with Crippen molar-refractivity contribution < 1.29 is 0 Å². The van der Waals surface area contributed by atoms with Crippen LogP contribution in [0.3, 0.4) is 0 Å². The zero-order chi connectivity index (χ0) is 26.7. The average molecular weight is 517 g/mol. The molecule has 0 aromatic heterocycles. The van der Waals surface area contributed by atoms with Crippen LogP contribution in [0.1, 0.15) is 225 Å². The zero-order valence-electron chi connectivity index (χ0n) is 26.1. The van der Waals surface area contributed by atoms with Crippen molar-refractivity contribution >= 4 is 0 Å². The second-order valence-corrected chi connectivity index (χ2v) is 12.3. The molecule has 0 atom stereocenters. The number of unbranched alkanes of at least 4 members (excludes halogenated alkanes) is 33. The fraction of sp³-hybridized carbons (Fsp3) is 0.946. The highest BCUT2D eigenvalue weighted by molar-refractivity contribution is 4.82. The van der Waals surface area contributed by atoms with Gasteiger partial charge in [0.15, 0.2) is 0 Å². The van der Waals surface area contributed by atoms with Gasteiger partial charge in [-0.15, -0.1) is 12.3 Å². The Morgan fingerprint density at radius 1 is 0.270 bits per heavy atom. The average Bonchev–Trinajstić information content (AvgIpc) is 2.91. The summed E-state index contributed by atoms with van der Waals surface area (Å²) in [6, 6.07) is 0. The van der Waals surface area contributed by atoms with E-state index >= 15 is 0 Å². The lowest BCUT2D eigenvalue weighted by Gasteiger charge is -2.05. The molecule has 0 saturated heterocycles. The Morgan fingerprint density at radius 2 is 0.432 bits per heavy atom. The molecule has 0 spiro atoms. The maximum Gasteiger partial charge on any atom is 0.00860 e. The molecule has 0 saturated carbocycles. The van der Waals surface area contributed by atoms with Crippen LogP contribution in [0.2, 0.25) is 0 Å². The highest BCUT2D eigenvalue weighted by Gasteiger charge is 1.97. The molecule has 0 fully saturated rings. The van der Waals surface area contributed by atoms with Gasteiger partial charge < -0.3 is 0 Å². The standard InChI is InChI=1S/C37H72/c1-3-5-7-9-11-13-15-17-19-21-23-25-27-29-31-33-35-37-36-34-32-30-28-26-24-22-20-18-16-14-12-10-8-6-4-2/h1H,4-37H2,2H3. The Morgan fingerprint density at radius 3 is 0.595 bits per heavy atom. The summed E-state index contributed by atoms with van der Waals surface area (Å²) in [6.45, 7) is 2.31. The quantitative estimate of drug-likeness (QED) is 0.0601. The summed E-state index contributed by atoms with van der Waals surface area (Å²) in [5.74, 6) is 2.74. The molecule has 0 bridgehead atoms. The smallest absolute Gasteiger partial charge is 0.00860 e. The molecule has 0 amide bonds. The minimum absolute atomic E-state index is 0.972. The number of terminal acetylenes is 1. The van der Waals surface area contributed by atoms with Gasteiger partial charge in [-0.05, 0) is 6.42 Å². The van der Waals surface area contributed by atoms with E-state index in [1.165, 1.54) is 212 Å². The van der Waals surface area contributed by atoms with Crippen LogP contribution in [0.15, 0.2) is 0 Å². The molecule has 0 radical (unpaired) electrons. The van der Waals surface area contributed by atoms with E-state index in [1.54, 1.807) is 0 Å². The van der Waals surface area contributed by atoms with Crippen molar-refractivity contribution in [1.82, 2.24) is 0 Å². The van der Waals surface area contributed by atoms with Gasteiger partial charge in [0.05, 0.1) is 0 Å². The second-order valence-electron chi connectivity index (χ2n) is 12.3. The van der Waals surface area contributed by atoms with E-state index < -0.39 is 0 Å².